The maximum absolute atomic E-state index is 15.0. The maximum atomic E-state index is 15.0. The SMILES string of the molecule is CCC[C@@]1(CC(C)(C)C)C(=O)N(c2ccc(C#N)c(C(F)(F)F)c2)C(=S)N1c1ccc(C(=O)NC)c(F)c1. The molecule has 1 aliphatic rings. The van der Waals surface area contributed by atoms with Gasteiger partial charge in [-0.05, 0) is 66.9 Å². The molecule has 202 valence electrons. The molecule has 0 radical (unpaired) electrons. The first-order valence-corrected chi connectivity index (χ1v) is 12.3. The Morgan fingerprint density at radius 1 is 1.13 bits per heavy atom. The Balaban J connectivity index is 2.28. The highest BCUT2D eigenvalue weighted by Gasteiger charge is 2.57. The fourth-order valence-corrected chi connectivity index (χ4v) is 5.45. The van der Waals surface area contributed by atoms with Crippen LogP contribution in [0.5, 0.6) is 0 Å². The molecule has 0 spiro atoms. The number of alkyl halides is 3. The molecule has 6 nitrogen and oxygen atoms in total. The van der Waals surface area contributed by atoms with Crippen molar-refractivity contribution in [3.8, 4) is 6.07 Å². The van der Waals surface area contributed by atoms with Gasteiger partial charge < -0.3 is 10.2 Å². The van der Waals surface area contributed by atoms with Crippen molar-refractivity contribution in [3.05, 3.63) is 58.9 Å². The largest absolute Gasteiger partial charge is 0.417 e. The molecular weight excluding hydrogens is 520 g/mol. The van der Waals surface area contributed by atoms with Crippen molar-refractivity contribution in [1.82, 2.24) is 5.32 Å². The van der Waals surface area contributed by atoms with Crippen LogP contribution in [-0.2, 0) is 11.0 Å². The molecule has 0 saturated carbocycles. The van der Waals surface area contributed by atoms with E-state index in [4.69, 9.17) is 12.2 Å². The average Bonchev–Trinajstić information content (AvgIpc) is 3.02. The second-order valence-corrected chi connectivity index (χ2v) is 10.7. The number of hydrogen-bond acceptors (Lipinski definition) is 4. The van der Waals surface area contributed by atoms with E-state index in [9.17, 15) is 28.0 Å². The minimum absolute atomic E-state index is 0.127. The number of hydrogen-bond donors (Lipinski definition) is 1. The molecule has 2 aromatic carbocycles. The molecule has 0 bridgehead atoms. The van der Waals surface area contributed by atoms with Crippen molar-refractivity contribution in [2.45, 2.75) is 58.7 Å². The zero-order valence-electron chi connectivity index (χ0n) is 21.7. The molecule has 1 atom stereocenters. The topological polar surface area (TPSA) is 76.4 Å². The Morgan fingerprint density at radius 2 is 1.76 bits per heavy atom. The third-order valence-corrected chi connectivity index (χ3v) is 6.63. The van der Waals surface area contributed by atoms with Crippen molar-refractivity contribution in [2.75, 3.05) is 16.8 Å². The fourth-order valence-electron chi connectivity index (χ4n) is 4.98. The number of anilines is 2. The van der Waals surface area contributed by atoms with E-state index in [-0.39, 0.29) is 34.9 Å². The van der Waals surface area contributed by atoms with Gasteiger partial charge in [-0.25, -0.2) is 4.39 Å². The van der Waals surface area contributed by atoms with Crippen LogP contribution in [0.1, 0.15) is 68.4 Å². The van der Waals surface area contributed by atoms with Gasteiger partial charge in [-0.15, -0.1) is 0 Å². The molecule has 1 N–H and O–H groups in total. The number of carbonyl (C=O) groups is 2. The van der Waals surface area contributed by atoms with E-state index in [1.165, 1.54) is 36.2 Å². The summed E-state index contributed by atoms with van der Waals surface area (Å²) in [5.41, 5.74) is -3.71. The van der Waals surface area contributed by atoms with Gasteiger partial charge in [-0.1, -0.05) is 34.1 Å². The van der Waals surface area contributed by atoms with E-state index >= 15 is 4.39 Å². The summed E-state index contributed by atoms with van der Waals surface area (Å²) in [4.78, 5) is 28.8. The zero-order valence-corrected chi connectivity index (χ0v) is 22.5. The summed E-state index contributed by atoms with van der Waals surface area (Å²) >= 11 is 5.69. The summed E-state index contributed by atoms with van der Waals surface area (Å²) < 4.78 is 56.3. The molecule has 1 saturated heterocycles. The predicted molar refractivity (Wildman–Crippen MR) is 140 cm³/mol. The lowest BCUT2D eigenvalue weighted by Gasteiger charge is -2.40. The number of nitrogens with one attached hydrogen (secondary N) is 1. The van der Waals surface area contributed by atoms with Crippen molar-refractivity contribution in [1.29, 1.82) is 5.26 Å². The normalized spacial score (nSPS) is 18.1. The third kappa shape index (κ3) is 5.23. The van der Waals surface area contributed by atoms with E-state index in [0.29, 0.717) is 6.42 Å². The molecule has 2 amide bonds. The summed E-state index contributed by atoms with van der Waals surface area (Å²) in [7, 11) is 1.37. The average molecular weight is 549 g/mol. The van der Waals surface area contributed by atoms with Crippen LogP contribution in [-0.4, -0.2) is 29.5 Å². The van der Waals surface area contributed by atoms with E-state index < -0.39 is 45.9 Å². The van der Waals surface area contributed by atoms with Gasteiger partial charge in [-0.2, -0.15) is 18.4 Å². The summed E-state index contributed by atoms with van der Waals surface area (Å²) in [6.45, 7) is 7.61. The lowest BCUT2D eigenvalue weighted by Crippen LogP contribution is -2.52. The number of benzene rings is 2. The van der Waals surface area contributed by atoms with E-state index in [1.807, 2.05) is 27.7 Å². The number of amides is 2. The number of nitriles is 1. The minimum atomic E-state index is -4.84. The van der Waals surface area contributed by atoms with Crippen LogP contribution in [0.2, 0.25) is 0 Å². The number of halogens is 4. The fraction of sp³-hybridized carbons (Fsp3) is 0.407. The van der Waals surface area contributed by atoms with Gasteiger partial charge in [-0.3, -0.25) is 14.5 Å². The van der Waals surface area contributed by atoms with Gasteiger partial charge in [0.1, 0.15) is 11.4 Å². The van der Waals surface area contributed by atoms with Crippen molar-refractivity contribution >= 4 is 40.5 Å². The van der Waals surface area contributed by atoms with Crippen LogP contribution in [0, 0.1) is 22.6 Å². The van der Waals surface area contributed by atoms with Gasteiger partial charge in [0.25, 0.3) is 11.8 Å². The smallest absolute Gasteiger partial charge is 0.355 e. The second kappa shape index (κ2) is 10.3. The highest BCUT2D eigenvalue weighted by atomic mass is 32.1. The molecule has 0 unspecified atom stereocenters. The van der Waals surface area contributed by atoms with E-state index in [1.54, 1.807) is 0 Å². The van der Waals surface area contributed by atoms with Crippen molar-refractivity contribution in [2.24, 2.45) is 5.41 Å². The highest BCUT2D eigenvalue weighted by molar-refractivity contribution is 7.81. The first kappa shape index (κ1) is 29.0. The van der Waals surface area contributed by atoms with Gasteiger partial charge in [0.05, 0.1) is 28.4 Å². The van der Waals surface area contributed by atoms with Gasteiger partial charge in [0.15, 0.2) is 5.11 Å². The summed E-state index contributed by atoms with van der Waals surface area (Å²) in [6.07, 6.45) is -3.78. The molecule has 0 aliphatic carbocycles. The summed E-state index contributed by atoms with van der Waals surface area (Å²) in [6, 6.07) is 8.34. The quantitative estimate of drug-likeness (QED) is 0.344. The van der Waals surface area contributed by atoms with Crippen LogP contribution in [0.15, 0.2) is 36.4 Å². The Kier molecular flexibility index (Phi) is 7.89. The number of thiocarbonyl (C=S) groups is 1. The van der Waals surface area contributed by atoms with Gasteiger partial charge in [0, 0.05) is 12.7 Å². The lowest BCUT2D eigenvalue weighted by molar-refractivity contribution is -0.137. The second-order valence-electron chi connectivity index (χ2n) is 10.4. The van der Waals surface area contributed by atoms with Crippen LogP contribution in [0.4, 0.5) is 28.9 Å². The Hall–Kier alpha value is -3.52. The van der Waals surface area contributed by atoms with Crippen LogP contribution >= 0.6 is 12.2 Å². The zero-order chi connectivity index (χ0) is 28.6. The number of nitrogens with zero attached hydrogens (tertiary/aromatic N) is 3. The first-order chi connectivity index (χ1) is 17.6. The predicted octanol–water partition coefficient (Wildman–Crippen LogP) is 6.19. The molecule has 1 heterocycles. The van der Waals surface area contributed by atoms with Crippen molar-refractivity contribution in [3.63, 3.8) is 0 Å². The molecule has 0 aromatic heterocycles. The molecule has 11 heteroatoms. The van der Waals surface area contributed by atoms with E-state index in [0.717, 1.165) is 23.1 Å². The maximum Gasteiger partial charge on any atom is 0.417 e. The molecule has 3 rings (SSSR count). The van der Waals surface area contributed by atoms with Crippen LogP contribution < -0.4 is 15.1 Å². The molecular formula is C27H28F4N4O2S. The lowest BCUT2D eigenvalue weighted by atomic mass is 9.76. The molecule has 2 aromatic rings. The Bertz CT molecular complexity index is 1330. The van der Waals surface area contributed by atoms with Gasteiger partial charge >= 0.3 is 6.18 Å². The molecule has 1 fully saturated rings. The standard InChI is InChI=1S/C27H28F4N4O2S/c1-6-11-26(15-25(2,3)4)23(37)34(17-8-7-16(14-32)20(12-17)27(29,30)31)24(38)35(26)18-9-10-19(21(28)13-18)22(36)33-5/h7-10,12-13H,6,11,15H2,1-5H3,(H,33,36)/t26-/m1/s1. The van der Waals surface area contributed by atoms with E-state index in [2.05, 4.69) is 5.32 Å². The Morgan fingerprint density at radius 3 is 2.26 bits per heavy atom. The number of carbonyl (C=O) groups excluding carboxylic acids is 2. The molecule has 38 heavy (non-hydrogen) atoms. The van der Waals surface area contributed by atoms with Crippen molar-refractivity contribution < 1.29 is 27.2 Å². The molecule has 1 aliphatic heterocycles. The first-order valence-electron chi connectivity index (χ1n) is 11.9. The summed E-state index contributed by atoms with van der Waals surface area (Å²) in [5, 5.41) is 11.4. The highest BCUT2D eigenvalue weighted by Crippen LogP contribution is 2.46. The Labute approximate surface area is 224 Å². The number of rotatable bonds is 6. The monoisotopic (exact) mass is 548 g/mol. The van der Waals surface area contributed by atoms with Crippen LogP contribution in [0.3, 0.4) is 0 Å². The minimum Gasteiger partial charge on any atom is -0.355 e. The summed E-state index contributed by atoms with van der Waals surface area (Å²) in [5.74, 6) is -2.02. The van der Waals surface area contributed by atoms with Crippen LogP contribution in [0.25, 0.3) is 0 Å². The third-order valence-electron chi connectivity index (χ3n) is 6.27. The van der Waals surface area contributed by atoms with Gasteiger partial charge in [0.2, 0.25) is 0 Å².